The molecule has 120 valence electrons. The predicted molar refractivity (Wildman–Crippen MR) is 76.2 cm³/mol. The van der Waals surface area contributed by atoms with Gasteiger partial charge in [-0.15, -0.1) is 0 Å². The second-order valence-electron chi connectivity index (χ2n) is 5.23. The van der Waals surface area contributed by atoms with Crippen LogP contribution in [0.1, 0.15) is 24.8 Å². The van der Waals surface area contributed by atoms with Gasteiger partial charge in [0, 0.05) is 16.1 Å². The van der Waals surface area contributed by atoms with Crippen molar-refractivity contribution in [3.05, 3.63) is 28.2 Å². The minimum Gasteiger partial charge on any atom is -0.481 e. The Labute approximate surface area is 132 Å². The molecule has 0 bridgehead atoms. The quantitative estimate of drug-likeness (QED) is 0.836. The Morgan fingerprint density at radius 2 is 1.86 bits per heavy atom. The van der Waals surface area contributed by atoms with Gasteiger partial charge >= 0.3 is 12.1 Å². The first kappa shape index (κ1) is 16.8. The smallest absolute Gasteiger partial charge is 0.417 e. The van der Waals surface area contributed by atoms with E-state index in [2.05, 4.69) is 21.2 Å². The van der Waals surface area contributed by atoms with E-state index in [1.165, 1.54) is 12.1 Å². The zero-order chi connectivity index (χ0) is 16.5. The molecule has 0 aromatic heterocycles. The van der Waals surface area contributed by atoms with Crippen LogP contribution in [0.4, 0.5) is 18.9 Å². The molecule has 1 saturated carbocycles. The summed E-state index contributed by atoms with van der Waals surface area (Å²) in [4.78, 5) is 22.9. The number of halogens is 4. The van der Waals surface area contributed by atoms with Gasteiger partial charge in [-0.1, -0.05) is 15.9 Å². The van der Waals surface area contributed by atoms with E-state index in [0.29, 0.717) is 12.8 Å². The van der Waals surface area contributed by atoms with Crippen molar-refractivity contribution in [2.24, 2.45) is 11.8 Å². The topological polar surface area (TPSA) is 66.4 Å². The number of carboxylic acid groups (broad SMARTS) is 1. The second kappa shape index (κ2) is 6.28. The molecule has 1 aliphatic rings. The summed E-state index contributed by atoms with van der Waals surface area (Å²) in [6, 6.07) is 3.43. The summed E-state index contributed by atoms with van der Waals surface area (Å²) in [5.41, 5.74) is -0.834. The molecular formula is C14H13BrF3NO3. The van der Waals surface area contributed by atoms with Gasteiger partial charge in [0.15, 0.2) is 0 Å². The number of carbonyl (C=O) groups is 2. The highest BCUT2D eigenvalue weighted by molar-refractivity contribution is 9.10. The van der Waals surface area contributed by atoms with Crippen LogP contribution in [0.25, 0.3) is 0 Å². The molecule has 0 aliphatic heterocycles. The molecule has 2 atom stereocenters. The van der Waals surface area contributed by atoms with E-state index in [9.17, 15) is 22.8 Å². The van der Waals surface area contributed by atoms with Crippen molar-refractivity contribution in [3.8, 4) is 0 Å². The molecule has 0 spiro atoms. The molecule has 1 aliphatic carbocycles. The summed E-state index contributed by atoms with van der Waals surface area (Å²) in [5, 5.41) is 11.3. The van der Waals surface area contributed by atoms with Gasteiger partial charge in [0.25, 0.3) is 0 Å². The fourth-order valence-corrected chi connectivity index (χ4v) is 2.98. The Bertz CT molecular complexity index is 603. The molecule has 1 amide bonds. The third-order valence-corrected chi connectivity index (χ3v) is 4.38. The van der Waals surface area contributed by atoms with E-state index < -0.39 is 35.5 Å². The maximum absolute atomic E-state index is 12.8. The van der Waals surface area contributed by atoms with E-state index in [0.717, 1.165) is 6.07 Å². The van der Waals surface area contributed by atoms with Crippen LogP contribution in [0.3, 0.4) is 0 Å². The molecule has 1 fully saturated rings. The summed E-state index contributed by atoms with van der Waals surface area (Å²) in [7, 11) is 0. The molecule has 0 unspecified atom stereocenters. The van der Waals surface area contributed by atoms with Crippen LogP contribution in [0.5, 0.6) is 0 Å². The molecule has 2 rings (SSSR count). The van der Waals surface area contributed by atoms with E-state index in [1.54, 1.807) is 0 Å². The van der Waals surface area contributed by atoms with Crippen molar-refractivity contribution in [1.29, 1.82) is 0 Å². The van der Waals surface area contributed by atoms with Crippen molar-refractivity contribution < 1.29 is 27.9 Å². The number of amides is 1. The first-order valence-electron chi connectivity index (χ1n) is 6.59. The largest absolute Gasteiger partial charge is 0.481 e. The molecule has 0 heterocycles. The fourth-order valence-electron chi connectivity index (χ4n) is 2.51. The lowest BCUT2D eigenvalue weighted by atomic mass is 10.0. The summed E-state index contributed by atoms with van der Waals surface area (Å²) in [6.45, 7) is 0. The maximum atomic E-state index is 12.8. The molecule has 1 aromatic rings. The summed E-state index contributed by atoms with van der Waals surface area (Å²) >= 11 is 2.82. The van der Waals surface area contributed by atoms with Crippen molar-refractivity contribution in [1.82, 2.24) is 0 Å². The van der Waals surface area contributed by atoms with E-state index >= 15 is 0 Å². The third kappa shape index (κ3) is 3.79. The average Bonchev–Trinajstić information content (AvgIpc) is 2.89. The number of carbonyl (C=O) groups excluding carboxylic acids is 1. The highest BCUT2D eigenvalue weighted by Crippen LogP contribution is 2.37. The number of benzene rings is 1. The van der Waals surface area contributed by atoms with Gasteiger partial charge in [-0.25, -0.2) is 0 Å². The minimum absolute atomic E-state index is 0.0410. The lowest BCUT2D eigenvalue weighted by molar-refractivity contribution is -0.141. The summed E-state index contributed by atoms with van der Waals surface area (Å²) < 4.78 is 38.3. The van der Waals surface area contributed by atoms with Gasteiger partial charge in [-0.2, -0.15) is 13.2 Å². The Morgan fingerprint density at radius 1 is 1.23 bits per heavy atom. The van der Waals surface area contributed by atoms with Gasteiger partial charge < -0.3 is 10.4 Å². The summed E-state index contributed by atoms with van der Waals surface area (Å²) in [6.07, 6.45) is -3.49. The molecular weight excluding hydrogens is 367 g/mol. The minimum atomic E-state index is -4.53. The Balaban J connectivity index is 2.08. The van der Waals surface area contributed by atoms with Crippen LogP contribution in [-0.2, 0) is 15.8 Å². The van der Waals surface area contributed by atoms with Crippen LogP contribution in [0.15, 0.2) is 22.7 Å². The maximum Gasteiger partial charge on any atom is 0.417 e. The Hall–Kier alpha value is -1.57. The lowest BCUT2D eigenvalue weighted by Gasteiger charge is -2.14. The Kier molecular flexibility index (Phi) is 4.79. The lowest BCUT2D eigenvalue weighted by Crippen LogP contribution is -2.22. The van der Waals surface area contributed by atoms with Gasteiger partial charge in [0.2, 0.25) is 5.91 Å². The number of hydrogen-bond acceptors (Lipinski definition) is 2. The third-order valence-electron chi connectivity index (χ3n) is 3.69. The normalized spacial score (nSPS) is 21.6. The monoisotopic (exact) mass is 379 g/mol. The molecule has 2 N–H and O–H groups in total. The van der Waals surface area contributed by atoms with Crippen LogP contribution >= 0.6 is 15.9 Å². The average molecular weight is 380 g/mol. The van der Waals surface area contributed by atoms with Gasteiger partial charge in [-0.3, -0.25) is 9.59 Å². The van der Waals surface area contributed by atoms with Crippen LogP contribution in [0.2, 0.25) is 0 Å². The molecule has 0 radical (unpaired) electrons. The standard InChI is InChI=1S/C14H13BrF3NO3/c15-11-4-3-9(6-10(11)14(16,17)18)19-12(20)7-1-2-8(5-7)13(21)22/h3-4,6-8H,1-2,5H2,(H,19,20)(H,21,22)/t7-,8+/m0/s1. The first-order chi connectivity index (χ1) is 10.2. The van der Waals surface area contributed by atoms with Gasteiger partial charge in [0.1, 0.15) is 0 Å². The van der Waals surface area contributed by atoms with Crippen molar-refractivity contribution >= 4 is 33.5 Å². The zero-order valence-corrected chi connectivity index (χ0v) is 12.9. The molecule has 22 heavy (non-hydrogen) atoms. The van der Waals surface area contributed by atoms with E-state index in [1.807, 2.05) is 0 Å². The van der Waals surface area contributed by atoms with E-state index in [4.69, 9.17) is 5.11 Å². The molecule has 4 nitrogen and oxygen atoms in total. The molecule has 1 aromatic carbocycles. The van der Waals surface area contributed by atoms with Crippen molar-refractivity contribution in [2.45, 2.75) is 25.4 Å². The highest BCUT2D eigenvalue weighted by Gasteiger charge is 2.35. The van der Waals surface area contributed by atoms with Gasteiger partial charge in [0.05, 0.1) is 11.5 Å². The van der Waals surface area contributed by atoms with E-state index in [-0.39, 0.29) is 16.6 Å². The van der Waals surface area contributed by atoms with Crippen LogP contribution in [0, 0.1) is 11.8 Å². The number of anilines is 1. The Morgan fingerprint density at radius 3 is 2.41 bits per heavy atom. The molecule has 8 heteroatoms. The van der Waals surface area contributed by atoms with Crippen molar-refractivity contribution in [3.63, 3.8) is 0 Å². The summed E-state index contributed by atoms with van der Waals surface area (Å²) in [5.74, 6) is -2.44. The number of rotatable bonds is 3. The van der Waals surface area contributed by atoms with Gasteiger partial charge in [-0.05, 0) is 37.5 Å². The number of alkyl halides is 3. The highest BCUT2D eigenvalue weighted by atomic mass is 79.9. The SMILES string of the molecule is O=C(O)[C@@H]1CC[C@H](C(=O)Nc2ccc(Br)c(C(F)(F)F)c2)C1. The second-order valence-corrected chi connectivity index (χ2v) is 6.08. The molecule has 0 saturated heterocycles. The van der Waals surface area contributed by atoms with Crippen LogP contribution in [-0.4, -0.2) is 17.0 Å². The zero-order valence-electron chi connectivity index (χ0n) is 11.3. The first-order valence-corrected chi connectivity index (χ1v) is 7.38. The number of nitrogens with one attached hydrogen (secondary N) is 1. The fraction of sp³-hybridized carbons (Fsp3) is 0.429. The van der Waals surface area contributed by atoms with Crippen molar-refractivity contribution in [2.75, 3.05) is 5.32 Å². The number of hydrogen-bond donors (Lipinski definition) is 2. The number of aliphatic carboxylic acids is 1. The van der Waals surface area contributed by atoms with Crippen LogP contribution < -0.4 is 5.32 Å². The predicted octanol–water partition coefficient (Wildman–Crippen LogP) is 3.91. The number of carboxylic acids is 1.